The van der Waals surface area contributed by atoms with Crippen LogP contribution in [0.2, 0.25) is 0 Å². The molecule has 0 atom stereocenters. The van der Waals surface area contributed by atoms with Gasteiger partial charge in [0.2, 0.25) is 0 Å². The molecule has 0 saturated heterocycles. The number of carbonyl (C=O) groups is 1. The standard InChI is InChI=1S/C14H10F2O2/c1-18-13-4-2-3-10(8-17)14(13)9-5-6-11(15)12(16)7-9/h2-8H,1H3. The first-order valence-electron chi connectivity index (χ1n) is 5.25. The molecule has 0 aliphatic heterocycles. The highest BCUT2D eigenvalue weighted by atomic mass is 19.2. The number of aldehydes is 1. The smallest absolute Gasteiger partial charge is 0.159 e. The summed E-state index contributed by atoms with van der Waals surface area (Å²) in [5, 5.41) is 0. The molecule has 0 spiro atoms. The molecule has 2 aromatic carbocycles. The van der Waals surface area contributed by atoms with Gasteiger partial charge in [0, 0.05) is 11.1 Å². The maximum atomic E-state index is 13.2. The monoisotopic (exact) mass is 248 g/mol. The summed E-state index contributed by atoms with van der Waals surface area (Å²) in [5.74, 6) is -1.46. The van der Waals surface area contributed by atoms with Crippen molar-refractivity contribution in [3.05, 3.63) is 53.6 Å². The van der Waals surface area contributed by atoms with E-state index < -0.39 is 11.6 Å². The minimum atomic E-state index is -0.963. The van der Waals surface area contributed by atoms with Crippen molar-refractivity contribution in [2.75, 3.05) is 7.11 Å². The van der Waals surface area contributed by atoms with Gasteiger partial charge < -0.3 is 4.74 Å². The molecule has 0 heterocycles. The van der Waals surface area contributed by atoms with Crippen LogP contribution >= 0.6 is 0 Å². The Morgan fingerprint density at radius 2 is 1.89 bits per heavy atom. The highest BCUT2D eigenvalue weighted by Crippen LogP contribution is 2.33. The average molecular weight is 248 g/mol. The Morgan fingerprint density at radius 3 is 2.50 bits per heavy atom. The largest absolute Gasteiger partial charge is 0.496 e. The van der Waals surface area contributed by atoms with Gasteiger partial charge in [-0.3, -0.25) is 4.79 Å². The van der Waals surface area contributed by atoms with Crippen molar-refractivity contribution in [1.29, 1.82) is 0 Å². The van der Waals surface area contributed by atoms with Crippen LogP contribution in [0.25, 0.3) is 11.1 Å². The van der Waals surface area contributed by atoms with Crippen LogP contribution in [0.15, 0.2) is 36.4 Å². The molecule has 0 aliphatic carbocycles. The third kappa shape index (κ3) is 2.09. The Bertz CT molecular complexity index is 594. The molecule has 18 heavy (non-hydrogen) atoms. The van der Waals surface area contributed by atoms with E-state index in [-0.39, 0.29) is 0 Å². The van der Waals surface area contributed by atoms with Crippen LogP contribution in [0.1, 0.15) is 10.4 Å². The molecule has 0 radical (unpaired) electrons. The van der Waals surface area contributed by atoms with Crippen LogP contribution in [0.5, 0.6) is 5.75 Å². The second-order valence-corrected chi connectivity index (χ2v) is 3.67. The average Bonchev–Trinajstić information content (AvgIpc) is 2.41. The Morgan fingerprint density at radius 1 is 1.11 bits per heavy atom. The molecule has 0 aromatic heterocycles. The lowest BCUT2D eigenvalue weighted by atomic mass is 9.99. The van der Waals surface area contributed by atoms with Crippen molar-refractivity contribution in [2.24, 2.45) is 0 Å². The predicted molar refractivity (Wildman–Crippen MR) is 63.7 cm³/mol. The number of hydrogen-bond donors (Lipinski definition) is 0. The van der Waals surface area contributed by atoms with Crippen LogP contribution < -0.4 is 4.74 Å². The summed E-state index contributed by atoms with van der Waals surface area (Å²) in [7, 11) is 1.45. The van der Waals surface area contributed by atoms with E-state index >= 15 is 0 Å². The fourth-order valence-corrected chi connectivity index (χ4v) is 1.78. The highest BCUT2D eigenvalue weighted by molar-refractivity contribution is 5.90. The van der Waals surface area contributed by atoms with Crippen molar-refractivity contribution in [3.8, 4) is 16.9 Å². The molecule has 0 bridgehead atoms. The lowest BCUT2D eigenvalue weighted by molar-refractivity contribution is 0.112. The highest BCUT2D eigenvalue weighted by Gasteiger charge is 2.13. The molecule has 0 N–H and O–H groups in total. The molecule has 0 unspecified atom stereocenters. The number of halogens is 2. The first-order valence-corrected chi connectivity index (χ1v) is 5.25. The fourth-order valence-electron chi connectivity index (χ4n) is 1.78. The Balaban J connectivity index is 2.68. The predicted octanol–water partition coefficient (Wildman–Crippen LogP) is 3.45. The third-order valence-electron chi connectivity index (χ3n) is 2.61. The van der Waals surface area contributed by atoms with Crippen LogP contribution in [-0.2, 0) is 0 Å². The Labute approximate surface area is 103 Å². The molecule has 0 saturated carbocycles. The van der Waals surface area contributed by atoms with E-state index in [4.69, 9.17) is 4.74 Å². The summed E-state index contributed by atoms with van der Waals surface area (Å²) < 4.78 is 31.3. The maximum absolute atomic E-state index is 13.2. The summed E-state index contributed by atoms with van der Waals surface area (Å²) in [6, 6.07) is 8.37. The number of benzene rings is 2. The van der Waals surface area contributed by atoms with Crippen molar-refractivity contribution >= 4 is 6.29 Å². The molecule has 0 amide bonds. The third-order valence-corrected chi connectivity index (χ3v) is 2.61. The van der Waals surface area contributed by atoms with E-state index in [1.165, 1.54) is 13.2 Å². The fraction of sp³-hybridized carbons (Fsp3) is 0.0714. The summed E-state index contributed by atoms with van der Waals surface area (Å²) in [6.45, 7) is 0. The van der Waals surface area contributed by atoms with Crippen molar-refractivity contribution < 1.29 is 18.3 Å². The summed E-state index contributed by atoms with van der Waals surface area (Å²) >= 11 is 0. The van der Waals surface area contributed by atoms with Gasteiger partial charge in [-0.1, -0.05) is 18.2 Å². The molecular weight excluding hydrogens is 238 g/mol. The van der Waals surface area contributed by atoms with Crippen LogP contribution in [0.4, 0.5) is 8.78 Å². The zero-order valence-electron chi connectivity index (χ0n) is 9.61. The van der Waals surface area contributed by atoms with E-state index in [1.807, 2.05) is 0 Å². The van der Waals surface area contributed by atoms with E-state index in [0.717, 1.165) is 12.1 Å². The first kappa shape index (κ1) is 12.2. The molecule has 2 aromatic rings. The Kier molecular flexibility index (Phi) is 3.37. The van der Waals surface area contributed by atoms with E-state index in [0.29, 0.717) is 28.7 Å². The summed E-state index contributed by atoms with van der Waals surface area (Å²) in [4.78, 5) is 11.0. The SMILES string of the molecule is COc1cccc(C=O)c1-c1ccc(F)c(F)c1. The molecule has 92 valence electrons. The lowest BCUT2D eigenvalue weighted by Crippen LogP contribution is -1.94. The number of methoxy groups -OCH3 is 1. The molecule has 0 fully saturated rings. The van der Waals surface area contributed by atoms with Gasteiger partial charge >= 0.3 is 0 Å². The lowest BCUT2D eigenvalue weighted by Gasteiger charge is -2.11. The maximum Gasteiger partial charge on any atom is 0.159 e. The molecule has 2 nitrogen and oxygen atoms in total. The quantitative estimate of drug-likeness (QED) is 0.777. The van der Waals surface area contributed by atoms with Gasteiger partial charge in [-0.15, -0.1) is 0 Å². The minimum absolute atomic E-state index is 0.361. The van der Waals surface area contributed by atoms with Crippen LogP contribution in [0, 0.1) is 11.6 Å². The normalized spacial score (nSPS) is 10.2. The second-order valence-electron chi connectivity index (χ2n) is 3.67. The number of rotatable bonds is 3. The molecule has 4 heteroatoms. The van der Waals surface area contributed by atoms with Crippen molar-refractivity contribution in [2.45, 2.75) is 0 Å². The van der Waals surface area contributed by atoms with E-state index in [2.05, 4.69) is 0 Å². The van der Waals surface area contributed by atoms with Gasteiger partial charge in [-0.05, 0) is 23.8 Å². The minimum Gasteiger partial charge on any atom is -0.496 e. The number of carbonyl (C=O) groups excluding carboxylic acids is 1. The van der Waals surface area contributed by atoms with Gasteiger partial charge in [0.1, 0.15) is 5.75 Å². The van der Waals surface area contributed by atoms with E-state index in [9.17, 15) is 13.6 Å². The zero-order valence-corrected chi connectivity index (χ0v) is 9.61. The van der Waals surface area contributed by atoms with Crippen LogP contribution in [-0.4, -0.2) is 13.4 Å². The van der Waals surface area contributed by atoms with E-state index in [1.54, 1.807) is 18.2 Å². The number of hydrogen-bond acceptors (Lipinski definition) is 2. The molecule has 0 aliphatic rings. The van der Waals surface area contributed by atoms with Crippen LogP contribution in [0.3, 0.4) is 0 Å². The second kappa shape index (κ2) is 4.96. The Hall–Kier alpha value is -2.23. The topological polar surface area (TPSA) is 26.3 Å². The molecular formula is C14H10F2O2. The first-order chi connectivity index (χ1) is 8.67. The van der Waals surface area contributed by atoms with Gasteiger partial charge in [0.05, 0.1) is 7.11 Å². The number of ether oxygens (including phenoxy) is 1. The van der Waals surface area contributed by atoms with Crippen molar-refractivity contribution in [3.63, 3.8) is 0 Å². The van der Waals surface area contributed by atoms with Gasteiger partial charge in [0.15, 0.2) is 17.9 Å². The van der Waals surface area contributed by atoms with Crippen molar-refractivity contribution in [1.82, 2.24) is 0 Å². The summed E-state index contributed by atoms with van der Waals surface area (Å²) in [6.07, 6.45) is 0.652. The zero-order chi connectivity index (χ0) is 13.1. The summed E-state index contributed by atoms with van der Waals surface area (Å²) in [5.41, 5.74) is 1.21. The van der Waals surface area contributed by atoms with Gasteiger partial charge in [0.25, 0.3) is 0 Å². The van der Waals surface area contributed by atoms with Gasteiger partial charge in [-0.25, -0.2) is 8.78 Å². The molecule has 2 rings (SSSR count). The van der Waals surface area contributed by atoms with Gasteiger partial charge in [-0.2, -0.15) is 0 Å².